The number of aryl methyl sites for hydroxylation is 2. The molecule has 0 aliphatic heterocycles. The maximum Gasteiger partial charge on any atom is 0.408 e. The van der Waals surface area contributed by atoms with E-state index in [0.29, 0.717) is 6.42 Å². The molecule has 7 nitrogen and oxygen atoms in total. The van der Waals surface area contributed by atoms with Gasteiger partial charge in [-0.3, -0.25) is 9.59 Å². The van der Waals surface area contributed by atoms with Crippen molar-refractivity contribution >= 4 is 17.9 Å². The lowest BCUT2D eigenvalue weighted by atomic mass is 9.92. The Balaban J connectivity index is 1.73. The van der Waals surface area contributed by atoms with Gasteiger partial charge < -0.3 is 20.3 Å². The van der Waals surface area contributed by atoms with Crippen LogP contribution in [-0.2, 0) is 20.7 Å². The van der Waals surface area contributed by atoms with Crippen LogP contribution >= 0.6 is 0 Å². The normalized spacial score (nSPS) is 20.4. The molecule has 222 valence electrons. The molecule has 0 heterocycles. The lowest BCUT2D eigenvalue weighted by Gasteiger charge is -2.37. The van der Waals surface area contributed by atoms with Crippen molar-refractivity contribution in [3.05, 3.63) is 70.8 Å². The van der Waals surface area contributed by atoms with Gasteiger partial charge in [-0.25, -0.2) is 4.79 Å². The number of nitrogens with zero attached hydrogens (tertiary/aromatic N) is 1. The van der Waals surface area contributed by atoms with E-state index >= 15 is 0 Å². The summed E-state index contributed by atoms with van der Waals surface area (Å²) in [5.74, 6) is -0.152. The van der Waals surface area contributed by atoms with Gasteiger partial charge in [-0.2, -0.15) is 0 Å². The van der Waals surface area contributed by atoms with Crippen molar-refractivity contribution in [1.82, 2.24) is 15.5 Å². The Kier molecular flexibility index (Phi) is 9.77. The number of carbonyl (C=O) groups is 3. The van der Waals surface area contributed by atoms with E-state index in [1.165, 1.54) is 6.42 Å². The van der Waals surface area contributed by atoms with Crippen LogP contribution in [0.25, 0.3) is 0 Å². The highest BCUT2D eigenvalue weighted by Crippen LogP contribution is 2.41. The SMILES string of the molecule is Cc1ccc(C)c(C(C(=O)NC2CCCCC2)N(C(=O)C(Cc2ccccc2)NC(=O)OC(C)(C)C)C2CC2C)c1. The van der Waals surface area contributed by atoms with Crippen molar-refractivity contribution in [3.8, 4) is 0 Å². The summed E-state index contributed by atoms with van der Waals surface area (Å²) in [6, 6.07) is 14.1. The van der Waals surface area contributed by atoms with E-state index < -0.39 is 23.8 Å². The van der Waals surface area contributed by atoms with Crippen molar-refractivity contribution in [3.63, 3.8) is 0 Å². The Labute approximate surface area is 245 Å². The number of amides is 3. The molecule has 2 N–H and O–H groups in total. The molecule has 2 fully saturated rings. The molecule has 0 saturated heterocycles. The van der Waals surface area contributed by atoms with Crippen LogP contribution in [0, 0.1) is 19.8 Å². The van der Waals surface area contributed by atoms with Gasteiger partial charge in [-0.1, -0.05) is 80.3 Å². The van der Waals surface area contributed by atoms with E-state index in [9.17, 15) is 14.4 Å². The molecule has 2 aromatic rings. The number of ether oxygens (including phenoxy) is 1. The van der Waals surface area contributed by atoms with Gasteiger partial charge in [0.05, 0.1) is 0 Å². The van der Waals surface area contributed by atoms with E-state index in [1.807, 2.05) is 62.4 Å². The van der Waals surface area contributed by atoms with Gasteiger partial charge in [-0.15, -0.1) is 0 Å². The van der Waals surface area contributed by atoms with E-state index in [0.717, 1.165) is 54.4 Å². The lowest BCUT2D eigenvalue weighted by Crippen LogP contribution is -2.55. The minimum atomic E-state index is -0.893. The summed E-state index contributed by atoms with van der Waals surface area (Å²) in [5.41, 5.74) is 3.04. The van der Waals surface area contributed by atoms with Gasteiger partial charge in [0.15, 0.2) is 0 Å². The molecule has 2 aliphatic carbocycles. The second-order valence-electron chi connectivity index (χ2n) is 13.0. The van der Waals surface area contributed by atoms with Crippen LogP contribution in [0.3, 0.4) is 0 Å². The van der Waals surface area contributed by atoms with Crippen molar-refractivity contribution in [1.29, 1.82) is 0 Å². The maximum absolute atomic E-state index is 14.7. The monoisotopic (exact) mass is 561 g/mol. The van der Waals surface area contributed by atoms with Gasteiger partial charge in [-0.05, 0) is 76.5 Å². The standard InChI is InChI=1S/C34H47N3O4/c1-22-17-18-23(2)27(19-22)30(31(38)35-26-15-11-8-12-16-26)37(29-20-24(29)3)32(39)28(21-25-13-9-7-10-14-25)36-33(40)41-34(4,5)6/h7,9-10,13-14,17-19,24,26,28-30H,8,11-12,15-16,20-21H2,1-6H3,(H,35,38)(H,36,40). The van der Waals surface area contributed by atoms with E-state index in [1.54, 1.807) is 25.7 Å². The summed E-state index contributed by atoms with van der Waals surface area (Å²) in [5, 5.41) is 6.18. The lowest BCUT2D eigenvalue weighted by molar-refractivity contribution is -0.143. The van der Waals surface area contributed by atoms with Crippen molar-refractivity contribution in [2.75, 3.05) is 0 Å². The maximum atomic E-state index is 14.7. The summed E-state index contributed by atoms with van der Waals surface area (Å²) in [6.07, 6.45) is 5.75. The van der Waals surface area contributed by atoms with E-state index in [2.05, 4.69) is 17.6 Å². The number of alkyl carbamates (subject to hydrolysis) is 1. The minimum absolute atomic E-state index is 0.0942. The minimum Gasteiger partial charge on any atom is -0.444 e. The fourth-order valence-corrected chi connectivity index (χ4v) is 5.85. The van der Waals surface area contributed by atoms with Gasteiger partial charge in [0.1, 0.15) is 17.7 Å². The molecule has 4 unspecified atom stereocenters. The first-order valence-corrected chi connectivity index (χ1v) is 15.2. The first-order valence-electron chi connectivity index (χ1n) is 15.2. The molecule has 2 saturated carbocycles. The molecular formula is C34H47N3O4. The largest absolute Gasteiger partial charge is 0.444 e. The fraction of sp³-hybridized carbons (Fsp3) is 0.559. The molecule has 4 atom stereocenters. The molecule has 0 bridgehead atoms. The molecule has 4 rings (SSSR count). The smallest absolute Gasteiger partial charge is 0.408 e. The van der Waals surface area contributed by atoms with Crippen LogP contribution in [0.1, 0.15) is 94.5 Å². The number of nitrogens with one attached hydrogen (secondary N) is 2. The Bertz CT molecular complexity index is 1220. The highest BCUT2D eigenvalue weighted by atomic mass is 16.6. The second kappa shape index (κ2) is 13.1. The molecule has 2 aliphatic rings. The van der Waals surface area contributed by atoms with E-state index in [4.69, 9.17) is 4.74 Å². The van der Waals surface area contributed by atoms with Crippen LogP contribution in [0.15, 0.2) is 48.5 Å². The van der Waals surface area contributed by atoms with Crippen LogP contribution in [0.2, 0.25) is 0 Å². The van der Waals surface area contributed by atoms with Gasteiger partial charge in [0, 0.05) is 18.5 Å². The number of hydrogen-bond acceptors (Lipinski definition) is 4. The molecule has 41 heavy (non-hydrogen) atoms. The zero-order valence-electron chi connectivity index (χ0n) is 25.5. The highest BCUT2D eigenvalue weighted by Gasteiger charge is 2.48. The van der Waals surface area contributed by atoms with Crippen LogP contribution < -0.4 is 10.6 Å². The summed E-state index contributed by atoms with van der Waals surface area (Å²) in [6.45, 7) is 11.5. The Morgan fingerprint density at radius 2 is 1.66 bits per heavy atom. The summed E-state index contributed by atoms with van der Waals surface area (Å²) in [7, 11) is 0. The predicted molar refractivity (Wildman–Crippen MR) is 161 cm³/mol. The van der Waals surface area contributed by atoms with E-state index in [-0.39, 0.29) is 29.8 Å². The Hall–Kier alpha value is -3.35. The quantitative estimate of drug-likeness (QED) is 0.384. The molecule has 2 aromatic carbocycles. The van der Waals surface area contributed by atoms with Gasteiger partial charge in [0.2, 0.25) is 11.8 Å². The predicted octanol–water partition coefficient (Wildman–Crippen LogP) is 6.17. The average Bonchev–Trinajstić information content (AvgIpc) is 3.63. The third-order valence-electron chi connectivity index (χ3n) is 8.16. The second-order valence-corrected chi connectivity index (χ2v) is 13.0. The Morgan fingerprint density at radius 3 is 2.27 bits per heavy atom. The Morgan fingerprint density at radius 1 is 1.00 bits per heavy atom. The molecular weight excluding hydrogens is 514 g/mol. The van der Waals surface area contributed by atoms with Crippen molar-refractivity contribution < 1.29 is 19.1 Å². The zero-order valence-corrected chi connectivity index (χ0v) is 25.5. The molecule has 3 amide bonds. The van der Waals surface area contributed by atoms with Gasteiger partial charge in [0.25, 0.3) is 0 Å². The number of benzene rings is 2. The molecule has 0 aromatic heterocycles. The average molecular weight is 562 g/mol. The van der Waals surface area contributed by atoms with Crippen LogP contribution in [0.5, 0.6) is 0 Å². The first-order chi connectivity index (χ1) is 19.4. The molecule has 7 heteroatoms. The first kappa shape index (κ1) is 30.6. The summed E-state index contributed by atoms with van der Waals surface area (Å²) < 4.78 is 5.56. The highest BCUT2D eigenvalue weighted by molar-refractivity contribution is 5.93. The number of hydrogen-bond donors (Lipinski definition) is 2. The third kappa shape index (κ3) is 8.34. The molecule has 0 spiro atoms. The fourth-order valence-electron chi connectivity index (χ4n) is 5.85. The number of carbonyl (C=O) groups excluding carboxylic acids is 3. The zero-order chi connectivity index (χ0) is 29.7. The topological polar surface area (TPSA) is 87.7 Å². The van der Waals surface area contributed by atoms with Crippen molar-refractivity contribution in [2.45, 2.75) is 116 Å². The van der Waals surface area contributed by atoms with Crippen LogP contribution in [-0.4, -0.2) is 46.5 Å². The molecule has 0 radical (unpaired) electrons. The van der Waals surface area contributed by atoms with Crippen LogP contribution in [0.4, 0.5) is 4.79 Å². The summed E-state index contributed by atoms with van der Waals surface area (Å²) >= 11 is 0. The number of rotatable bonds is 9. The summed E-state index contributed by atoms with van der Waals surface area (Å²) in [4.78, 5) is 43.7. The van der Waals surface area contributed by atoms with Crippen molar-refractivity contribution in [2.24, 2.45) is 5.92 Å². The van der Waals surface area contributed by atoms with Gasteiger partial charge >= 0.3 is 6.09 Å². The third-order valence-corrected chi connectivity index (χ3v) is 8.16.